The Morgan fingerprint density at radius 3 is 2.22 bits per heavy atom. The van der Waals surface area contributed by atoms with Gasteiger partial charge in [-0.2, -0.15) is 4.98 Å². The van der Waals surface area contributed by atoms with Crippen LogP contribution >= 0.6 is 0 Å². The molecule has 6 nitrogen and oxygen atoms in total. The maximum absolute atomic E-state index is 12.6. The molecule has 134 valence electrons. The van der Waals surface area contributed by atoms with Gasteiger partial charge in [-0.05, 0) is 18.2 Å². The van der Waals surface area contributed by atoms with Crippen LogP contribution in [0, 0.1) is 0 Å². The summed E-state index contributed by atoms with van der Waals surface area (Å²) in [4.78, 5) is 21.7. The largest absolute Gasteiger partial charge is 0.273 e. The predicted molar refractivity (Wildman–Crippen MR) is 108 cm³/mol. The Balaban J connectivity index is 2.09. The van der Waals surface area contributed by atoms with Crippen LogP contribution in [0.2, 0.25) is 0 Å². The minimum atomic E-state index is -1.34. The molecule has 0 aliphatic rings. The van der Waals surface area contributed by atoms with Gasteiger partial charge in [0.15, 0.2) is 5.65 Å². The van der Waals surface area contributed by atoms with Gasteiger partial charge in [0, 0.05) is 23.3 Å². The van der Waals surface area contributed by atoms with Gasteiger partial charge in [0.05, 0.1) is 11.4 Å². The Kier molecular flexibility index (Phi) is 4.52. The number of rotatable bonds is 4. The van der Waals surface area contributed by atoms with Gasteiger partial charge in [0.1, 0.15) is 11.0 Å². The minimum absolute atomic E-state index is 0.199. The lowest BCUT2D eigenvalue weighted by Gasteiger charge is -2.13. The van der Waals surface area contributed by atoms with E-state index in [2.05, 4.69) is 14.7 Å². The Bertz CT molecular complexity index is 1190. The number of nitrogens with zero attached hydrogens (tertiary/aromatic N) is 3. The van der Waals surface area contributed by atoms with E-state index in [0.29, 0.717) is 17.0 Å². The summed E-state index contributed by atoms with van der Waals surface area (Å²) >= 11 is 0. The number of nitrogens with one attached hydrogen (secondary N) is 1. The van der Waals surface area contributed by atoms with E-state index in [9.17, 15) is 9.00 Å². The van der Waals surface area contributed by atoms with Gasteiger partial charge >= 0.3 is 0 Å². The third-order valence-electron chi connectivity index (χ3n) is 4.05. The molecule has 0 radical (unpaired) electrons. The van der Waals surface area contributed by atoms with Crippen molar-refractivity contribution in [1.82, 2.24) is 14.5 Å². The molecule has 1 atom stereocenters. The van der Waals surface area contributed by atoms with Crippen LogP contribution in [0.1, 0.15) is 0 Å². The first-order chi connectivity index (χ1) is 13.1. The average Bonchev–Trinajstić information content (AvgIpc) is 2.68. The van der Waals surface area contributed by atoms with Crippen molar-refractivity contribution in [2.45, 2.75) is 0 Å². The van der Waals surface area contributed by atoms with Gasteiger partial charge in [0.2, 0.25) is 5.95 Å². The van der Waals surface area contributed by atoms with Crippen LogP contribution in [0.4, 0.5) is 5.95 Å². The SMILES string of the molecule is CS(=O)Nc1nc(-c2ccccc2)c2ccc(=O)n(-c3ccccc3)c2n1. The second-order valence-corrected chi connectivity index (χ2v) is 7.01. The normalized spacial score (nSPS) is 12.0. The van der Waals surface area contributed by atoms with E-state index < -0.39 is 11.0 Å². The van der Waals surface area contributed by atoms with Crippen LogP contribution < -0.4 is 10.3 Å². The highest BCUT2D eigenvalue weighted by molar-refractivity contribution is 7.85. The highest BCUT2D eigenvalue weighted by Crippen LogP contribution is 2.27. The summed E-state index contributed by atoms with van der Waals surface area (Å²) in [7, 11) is -1.34. The summed E-state index contributed by atoms with van der Waals surface area (Å²) < 4.78 is 15.9. The van der Waals surface area contributed by atoms with Crippen LogP contribution in [0.5, 0.6) is 0 Å². The first kappa shape index (κ1) is 17.1. The molecule has 2 heterocycles. The number of hydrogen-bond acceptors (Lipinski definition) is 4. The van der Waals surface area contributed by atoms with Gasteiger partial charge in [-0.3, -0.25) is 14.1 Å². The minimum Gasteiger partial charge on any atom is -0.273 e. The molecule has 1 N–H and O–H groups in total. The van der Waals surface area contributed by atoms with E-state index in [1.165, 1.54) is 16.9 Å². The fraction of sp³-hybridized carbons (Fsp3) is 0.0500. The van der Waals surface area contributed by atoms with Crippen molar-refractivity contribution in [3.05, 3.63) is 83.2 Å². The topological polar surface area (TPSA) is 76.9 Å². The summed E-state index contributed by atoms with van der Waals surface area (Å²) in [6.45, 7) is 0. The molecule has 2 aromatic heterocycles. The predicted octanol–water partition coefficient (Wildman–Crippen LogP) is 3.15. The molecular formula is C20H16N4O2S. The fourth-order valence-corrected chi connectivity index (χ4v) is 3.28. The maximum atomic E-state index is 12.6. The van der Waals surface area contributed by atoms with Crippen LogP contribution in [0.25, 0.3) is 28.0 Å². The smallest absolute Gasteiger partial charge is 0.256 e. The van der Waals surface area contributed by atoms with E-state index in [0.717, 1.165) is 10.9 Å². The number of pyridine rings is 1. The summed E-state index contributed by atoms with van der Waals surface area (Å²) in [5, 5.41) is 0.733. The highest BCUT2D eigenvalue weighted by Gasteiger charge is 2.15. The Hall–Kier alpha value is -3.32. The second-order valence-electron chi connectivity index (χ2n) is 5.90. The van der Waals surface area contributed by atoms with Crippen molar-refractivity contribution in [3.63, 3.8) is 0 Å². The summed E-state index contributed by atoms with van der Waals surface area (Å²) in [5.41, 5.74) is 2.51. The molecule has 1 unspecified atom stereocenters. The van der Waals surface area contributed by atoms with E-state index >= 15 is 0 Å². The monoisotopic (exact) mass is 376 g/mol. The molecule has 2 aromatic carbocycles. The van der Waals surface area contributed by atoms with Crippen LogP contribution in [0.15, 0.2) is 77.6 Å². The second kappa shape index (κ2) is 7.13. The zero-order chi connectivity index (χ0) is 18.8. The zero-order valence-corrected chi connectivity index (χ0v) is 15.3. The van der Waals surface area contributed by atoms with E-state index in [1.807, 2.05) is 60.7 Å². The Morgan fingerprint density at radius 1 is 0.889 bits per heavy atom. The summed E-state index contributed by atoms with van der Waals surface area (Å²) in [6, 6.07) is 22.2. The molecule has 27 heavy (non-hydrogen) atoms. The molecule has 0 fully saturated rings. The average molecular weight is 376 g/mol. The van der Waals surface area contributed by atoms with Gasteiger partial charge in [-0.15, -0.1) is 0 Å². The molecular weight excluding hydrogens is 360 g/mol. The third kappa shape index (κ3) is 3.37. The molecule has 0 saturated heterocycles. The van der Waals surface area contributed by atoms with Gasteiger partial charge in [-0.1, -0.05) is 48.5 Å². The number of fused-ring (bicyclic) bond motifs is 1. The molecule has 4 aromatic rings. The lowest BCUT2D eigenvalue weighted by Crippen LogP contribution is -2.19. The number of aromatic nitrogens is 3. The zero-order valence-electron chi connectivity index (χ0n) is 14.5. The number of benzene rings is 2. The van der Waals surface area contributed by atoms with Crippen LogP contribution in [-0.4, -0.2) is 25.0 Å². The molecule has 0 spiro atoms. The molecule has 0 aliphatic carbocycles. The molecule has 0 amide bonds. The van der Waals surface area contributed by atoms with E-state index in [4.69, 9.17) is 0 Å². The first-order valence-corrected chi connectivity index (χ1v) is 9.84. The van der Waals surface area contributed by atoms with Gasteiger partial charge in [0.25, 0.3) is 5.56 Å². The lowest BCUT2D eigenvalue weighted by molar-refractivity contribution is 0.689. The Labute approximate surface area is 158 Å². The number of hydrogen-bond donors (Lipinski definition) is 1. The van der Waals surface area contributed by atoms with Gasteiger partial charge in [-0.25, -0.2) is 9.19 Å². The third-order valence-corrected chi connectivity index (χ3v) is 4.52. The van der Waals surface area contributed by atoms with Gasteiger partial charge < -0.3 is 0 Å². The Morgan fingerprint density at radius 2 is 1.56 bits per heavy atom. The number of anilines is 1. The summed E-state index contributed by atoms with van der Waals surface area (Å²) in [6.07, 6.45) is 1.50. The fourth-order valence-electron chi connectivity index (χ4n) is 2.93. The van der Waals surface area contributed by atoms with Crippen molar-refractivity contribution in [2.75, 3.05) is 11.0 Å². The quantitative estimate of drug-likeness (QED) is 0.594. The molecule has 0 aliphatic heterocycles. The van der Waals surface area contributed by atoms with E-state index in [-0.39, 0.29) is 11.5 Å². The van der Waals surface area contributed by atoms with Crippen molar-refractivity contribution in [3.8, 4) is 16.9 Å². The van der Waals surface area contributed by atoms with Crippen molar-refractivity contribution < 1.29 is 4.21 Å². The van der Waals surface area contributed by atoms with Crippen molar-refractivity contribution in [1.29, 1.82) is 0 Å². The first-order valence-electron chi connectivity index (χ1n) is 8.28. The van der Waals surface area contributed by atoms with Crippen molar-refractivity contribution in [2.24, 2.45) is 0 Å². The molecule has 7 heteroatoms. The highest BCUT2D eigenvalue weighted by atomic mass is 32.2. The van der Waals surface area contributed by atoms with E-state index in [1.54, 1.807) is 6.07 Å². The lowest BCUT2D eigenvalue weighted by atomic mass is 10.1. The molecule has 0 saturated carbocycles. The van der Waals surface area contributed by atoms with Crippen molar-refractivity contribution >= 4 is 28.0 Å². The maximum Gasteiger partial charge on any atom is 0.256 e. The molecule has 0 bridgehead atoms. The standard InChI is InChI=1S/C20H16N4O2S/c1-27(26)23-20-21-18(14-8-4-2-5-9-14)16-12-13-17(25)24(19(16)22-20)15-10-6-3-7-11-15/h2-13H,1H3,(H,21,22,23). The van der Waals surface area contributed by atoms with Crippen LogP contribution in [0.3, 0.4) is 0 Å². The number of para-hydroxylation sites is 1. The molecule has 4 rings (SSSR count). The van der Waals surface area contributed by atoms with Crippen LogP contribution in [-0.2, 0) is 11.0 Å². The summed E-state index contributed by atoms with van der Waals surface area (Å²) in [5.74, 6) is 0.206.